The third kappa shape index (κ3) is 3.52. The van der Waals surface area contributed by atoms with E-state index < -0.39 is 0 Å². The number of hydrogen-bond acceptors (Lipinski definition) is 6. The van der Waals surface area contributed by atoms with E-state index in [0.717, 1.165) is 36.4 Å². The van der Waals surface area contributed by atoms with E-state index in [0.29, 0.717) is 17.1 Å². The zero-order chi connectivity index (χ0) is 19.0. The Morgan fingerprint density at radius 1 is 1.15 bits per heavy atom. The number of benzene rings is 1. The van der Waals surface area contributed by atoms with Gasteiger partial charge >= 0.3 is 0 Å². The monoisotopic (exact) mass is 384 g/mol. The Hall–Kier alpha value is -2.15. The highest BCUT2D eigenvalue weighted by atomic mass is 32.2. The van der Waals surface area contributed by atoms with E-state index in [1.165, 1.54) is 11.8 Å². The second kappa shape index (κ2) is 7.46. The van der Waals surface area contributed by atoms with Gasteiger partial charge in [-0.2, -0.15) is 4.98 Å². The summed E-state index contributed by atoms with van der Waals surface area (Å²) in [5, 5.41) is 5.40. The molecule has 1 aliphatic carbocycles. The third-order valence-electron chi connectivity index (χ3n) is 5.07. The lowest BCUT2D eigenvalue weighted by Crippen LogP contribution is -2.26. The van der Waals surface area contributed by atoms with Crippen molar-refractivity contribution in [2.24, 2.45) is 0 Å². The van der Waals surface area contributed by atoms with Gasteiger partial charge in [0, 0.05) is 12.0 Å². The first-order chi connectivity index (χ1) is 13.0. The van der Waals surface area contributed by atoms with E-state index in [-0.39, 0.29) is 22.8 Å². The summed E-state index contributed by atoms with van der Waals surface area (Å²) in [6.45, 7) is 6.09. The molecule has 4 rings (SSSR count). The van der Waals surface area contributed by atoms with Gasteiger partial charge in [-0.25, -0.2) is 4.98 Å². The van der Waals surface area contributed by atoms with Gasteiger partial charge in [0.25, 0.3) is 5.56 Å². The highest BCUT2D eigenvalue weighted by Crippen LogP contribution is 2.37. The molecule has 2 aromatic heterocycles. The lowest BCUT2D eigenvalue weighted by molar-refractivity contribution is 0.372. The summed E-state index contributed by atoms with van der Waals surface area (Å²) >= 11 is 1.52. The summed E-state index contributed by atoms with van der Waals surface area (Å²) in [7, 11) is 0. The first-order valence-corrected chi connectivity index (χ1v) is 10.4. The molecule has 0 aliphatic heterocycles. The van der Waals surface area contributed by atoms with Crippen molar-refractivity contribution in [2.75, 3.05) is 0 Å². The molecule has 1 aliphatic rings. The molecule has 0 spiro atoms. The molecule has 1 aromatic carbocycles. The van der Waals surface area contributed by atoms with Gasteiger partial charge in [-0.15, -0.1) is 0 Å². The minimum Gasteiger partial charge on any atom is -0.338 e. The molecule has 2 heterocycles. The Kier molecular flexibility index (Phi) is 5.04. The fourth-order valence-electron chi connectivity index (χ4n) is 3.55. The highest BCUT2D eigenvalue weighted by molar-refractivity contribution is 7.99. The standard InChI is InChI=1S/C20H24N4O2S/c1-12(2)17-22-18(26-23-17)13(3)27-20-21-16-11-7-6-10-15(16)19(25)24(20)14-8-4-5-9-14/h6-7,10-14H,4-5,8-9H2,1-3H3/t13-/m1/s1. The highest BCUT2D eigenvalue weighted by Gasteiger charge is 2.26. The Balaban J connectivity index is 1.74. The minimum atomic E-state index is -0.0780. The summed E-state index contributed by atoms with van der Waals surface area (Å²) in [5.41, 5.74) is 0.787. The molecule has 1 fully saturated rings. The van der Waals surface area contributed by atoms with Crippen LogP contribution in [0.15, 0.2) is 38.7 Å². The molecule has 0 N–H and O–H groups in total. The van der Waals surface area contributed by atoms with Crippen LogP contribution in [0.3, 0.4) is 0 Å². The van der Waals surface area contributed by atoms with Crippen LogP contribution in [0.2, 0.25) is 0 Å². The molecule has 0 unspecified atom stereocenters. The van der Waals surface area contributed by atoms with Gasteiger partial charge in [-0.3, -0.25) is 9.36 Å². The lowest BCUT2D eigenvalue weighted by Gasteiger charge is -2.19. The lowest BCUT2D eigenvalue weighted by atomic mass is 10.2. The van der Waals surface area contributed by atoms with Crippen molar-refractivity contribution in [3.63, 3.8) is 0 Å². The van der Waals surface area contributed by atoms with E-state index in [2.05, 4.69) is 10.1 Å². The molecule has 0 radical (unpaired) electrons. The Labute approximate surface area is 162 Å². The molecule has 0 saturated heterocycles. The third-order valence-corrected chi connectivity index (χ3v) is 6.12. The Morgan fingerprint density at radius 2 is 1.89 bits per heavy atom. The SMILES string of the molecule is CC(C)c1noc([C@@H](C)Sc2nc3ccccc3c(=O)n2C2CCCC2)n1. The van der Waals surface area contributed by atoms with E-state index >= 15 is 0 Å². The van der Waals surface area contributed by atoms with Crippen molar-refractivity contribution in [2.45, 2.75) is 68.8 Å². The second-order valence-corrected chi connectivity index (χ2v) is 8.74. The van der Waals surface area contributed by atoms with Crippen LogP contribution in [0.5, 0.6) is 0 Å². The van der Waals surface area contributed by atoms with E-state index in [4.69, 9.17) is 9.51 Å². The maximum absolute atomic E-state index is 13.2. The van der Waals surface area contributed by atoms with Gasteiger partial charge in [0.1, 0.15) is 0 Å². The zero-order valence-electron chi connectivity index (χ0n) is 15.9. The summed E-state index contributed by atoms with van der Waals surface area (Å²) in [5.74, 6) is 1.50. The number of nitrogens with zero attached hydrogens (tertiary/aromatic N) is 4. The van der Waals surface area contributed by atoms with Gasteiger partial charge in [0.15, 0.2) is 11.0 Å². The average Bonchev–Trinajstić information content (AvgIpc) is 3.34. The second-order valence-electron chi connectivity index (χ2n) is 7.43. The normalized spacial score (nSPS) is 16.4. The van der Waals surface area contributed by atoms with Gasteiger partial charge in [-0.05, 0) is 31.9 Å². The van der Waals surface area contributed by atoms with E-state index in [9.17, 15) is 4.79 Å². The van der Waals surface area contributed by atoms with Crippen LogP contribution in [0, 0.1) is 0 Å². The van der Waals surface area contributed by atoms with Crippen molar-refractivity contribution in [1.82, 2.24) is 19.7 Å². The number of fused-ring (bicyclic) bond motifs is 1. The van der Waals surface area contributed by atoms with Crippen LogP contribution >= 0.6 is 11.8 Å². The molecular formula is C20H24N4O2S. The zero-order valence-corrected chi connectivity index (χ0v) is 16.7. The van der Waals surface area contributed by atoms with Crippen LogP contribution in [-0.2, 0) is 0 Å². The molecule has 27 heavy (non-hydrogen) atoms. The predicted octanol–water partition coefficient (Wildman–Crippen LogP) is 4.87. The summed E-state index contributed by atoms with van der Waals surface area (Å²) in [6, 6.07) is 7.79. The van der Waals surface area contributed by atoms with Crippen LogP contribution in [0.25, 0.3) is 10.9 Å². The Morgan fingerprint density at radius 3 is 2.59 bits per heavy atom. The van der Waals surface area contributed by atoms with Gasteiger partial charge in [0.2, 0.25) is 5.89 Å². The number of para-hydroxylation sites is 1. The minimum absolute atomic E-state index is 0.0515. The Bertz CT molecular complexity index is 1000. The largest absolute Gasteiger partial charge is 0.338 e. The van der Waals surface area contributed by atoms with Crippen LogP contribution in [-0.4, -0.2) is 19.7 Å². The van der Waals surface area contributed by atoms with Crippen molar-refractivity contribution >= 4 is 22.7 Å². The molecule has 7 heteroatoms. The fraction of sp³-hybridized carbons (Fsp3) is 0.500. The molecule has 1 atom stereocenters. The van der Waals surface area contributed by atoms with Crippen LogP contribution < -0.4 is 5.56 Å². The smallest absolute Gasteiger partial charge is 0.262 e. The molecule has 1 saturated carbocycles. The average molecular weight is 385 g/mol. The fourth-order valence-corrected chi connectivity index (χ4v) is 4.56. The summed E-state index contributed by atoms with van der Waals surface area (Å²) < 4.78 is 7.34. The summed E-state index contributed by atoms with van der Waals surface area (Å²) in [4.78, 5) is 22.5. The van der Waals surface area contributed by atoms with E-state index in [1.54, 1.807) is 0 Å². The molecule has 0 amide bonds. The summed E-state index contributed by atoms with van der Waals surface area (Å²) in [6.07, 6.45) is 4.37. The van der Waals surface area contributed by atoms with Gasteiger partial charge in [-0.1, -0.05) is 55.7 Å². The maximum Gasteiger partial charge on any atom is 0.262 e. The maximum atomic E-state index is 13.2. The predicted molar refractivity (Wildman–Crippen MR) is 106 cm³/mol. The van der Waals surface area contributed by atoms with Crippen LogP contribution in [0.4, 0.5) is 0 Å². The number of rotatable bonds is 5. The molecule has 142 valence electrons. The quantitative estimate of drug-likeness (QED) is 0.461. The van der Waals surface area contributed by atoms with Crippen molar-refractivity contribution in [1.29, 1.82) is 0 Å². The number of thioether (sulfide) groups is 1. The molecule has 3 aromatic rings. The van der Waals surface area contributed by atoms with Gasteiger partial charge < -0.3 is 4.52 Å². The van der Waals surface area contributed by atoms with Crippen LogP contribution in [0.1, 0.15) is 75.4 Å². The molecule has 0 bridgehead atoms. The van der Waals surface area contributed by atoms with Crippen molar-refractivity contribution < 1.29 is 4.52 Å². The number of aromatic nitrogens is 4. The first-order valence-electron chi connectivity index (χ1n) is 9.56. The van der Waals surface area contributed by atoms with Gasteiger partial charge in [0.05, 0.1) is 16.2 Å². The number of hydrogen-bond donors (Lipinski definition) is 0. The van der Waals surface area contributed by atoms with Crippen molar-refractivity contribution in [3.05, 3.63) is 46.3 Å². The van der Waals surface area contributed by atoms with E-state index in [1.807, 2.05) is 49.6 Å². The first kappa shape index (κ1) is 18.2. The molecule has 6 nitrogen and oxygen atoms in total. The van der Waals surface area contributed by atoms with Crippen molar-refractivity contribution in [3.8, 4) is 0 Å². The molecular weight excluding hydrogens is 360 g/mol. The topological polar surface area (TPSA) is 73.8 Å².